The minimum Gasteiger partial charge on any atom is -0.459 e. The van der Waals surface area contributed by atoms with E-state index in [0.717, 1.165) is 28.1 Å². The first-order valence-corrected chi connectivity index (χ1v) is 13.3. The largest absolute Gasteiger partial charge is 0.459 e. The third-order valence-corrected chi connectivity index (χ3v) is 6.97. The molecule has 1 N–H and O–H groups in total. The number of azide groups is 1. The van der Waals surface area contributed by atoms with E-state index in [1.54, 1.807) is 24.3 Å². The standard InChI is InChI=1S/C32H30N4O5/c33-18-27-29(35-36-34)31(39-19-22-9-3-1-4-10-22)30(28(41-27)21-40-32(37)25-12-5-2-6-13-25)38-20-23-15-16-24-11-7-8-14-26(24)17-23/h1-18,27-31,33H,19-21H2/t27?,28?,29-,30?,31+/m1/s1. The normalized spacial score (nSPS) is 22.0. The number of ether oxygens (including phenoxy) is 4. The summed E-state index contributed by atoms with van der Waals surface area (Å²) in [4.78, 5) is 15.8. The number of benzene rings is 4. The average molecular weight is 551 g/mol. The van der Waals surface area contributed by atoms with Crippen molar-refractivity contribution in [3.8, 4) is 0 Å². The summed E-state index contributed by atoms with van der Waals surface area (Å²) in [5.74, 6) is -0.507. The summed E-state index contributed by atoms with van der Waals surface area (Å²) in [7, 11) is 0. The number of esters is 1. The van der Waals surface area contributed by atoms with Gasteiger partial charge in [0.05, 0.1) is 30.9 Å². The molecular formula is C32H30N4O5. The minimum absolute atomic E-state index is 0.144. The Morgan fingerprint density at radius 2 is 1.51 bits per heavy atom. The van der Waals surface area contributed by atoms with Crippen molar-refractivity contribution in [1.82, 2.24) is 0 Å². The van der Waals surface area contributed by atoms with Crippen molar-refractivity contribution < 1.29 is 23.7 Å². The minimum atomic E-state index is -0.896. The number of rotatable bonds is 11. The number of carbonyl (C=O) groups is 1. The first-order valence-electron chi connectivity index (χ1n) is 13.3. The Morgan fingerprint density at radius 1 is 0.854 bits per heavy atom. The zero-order chi connectivity index (χ0) is 28.4. The monoisotopic (exact) mass is 550 g/mol. The highest BCUT2D eigenvalue weighted by Crippen LogP contribution is 2.30. The lowest BCUT2D eigenvalue weighted by Crippen LogP contribution is -2.60. The fourth-order valence-electron chi connectivity index (χ4n) is 4.91. The van der Waals surface area contributed by atoms with Gasteiger partial charge < -0.3 is 24.4 Å². The molecule has 0 bridgehead atoms. The van der Waals surface area contributed by atoms with Crippen molar-refractivity contribution in [1.29, 1.82) is 5.41 Å². The molecule has 5 atom stereocenters. The number of fused-ring (bicyclic) bond motifs is 1. The molecule has 1 saturated heterocycles. The van der Waals surface area contributed by atoms with E-state index in [0.29, 0.717) is 5.56 Å². The van der Waals surface area contributed by atoms with Gasteiger partial charge in [0.25, 0.3) is 0 Å². The van der Waals surface area contributed by atoms with Gasteiger partial charge in [-0.1, -0.05) is 90.0 Å². The number of carbonyl (C=O) groups excluding carboxylic acids is 1. The van der Waals surface area contributed by atoms with Gasteiger partial charge in [-0.3, -0.25) is 0 Å². The molecule has 0 saturated carbocycles. The Bertz CT molecular complexity index is 1510. The zero-order valence-corrected chi connectivity index (χ0v) is 22.3. The maximum atomic E-state index is 12.7. The Hall–Kier alpha value is -4.53. The van der Waals surface area contributed by atoms with Crippen LogP contribution in [0.4, 0.5) is 0 Å². The summed E-state index contributed by atoms with van der Waals surface area (Å²) >= 11 is 0. The van der Waals surface area contributed by atoms with Gasteiger partial charge >= 0.3 is 5.97 Å². The van der Waals surface area contributed by atoms with Crippen LogP contribution in [0.15, 0.2) is 108 Å². The predicted molar refractivity (Wildman–Crippen MR) is 155 cm³/mol. The first-order chi connectivity index (χ1) is 20.2. The topological polar surface area (TPSA) is 127 Å². The molecule has 9 nitrogen and oxygen atoms in total. The molecule has 0 spiro atoms. The van der Waals surface area contributed by atoms with Gasteiger partial charge in [-0.2, -0.15) is 0 Å². The van der Waals surface area contributed by atoms with E-state index in [2.05, 4.69) is 16.1 Å². The van der Waals surface area contributed by atoms with Crippen molar-refractivity contribution in [2.24, 2.45) is 5.11 Å². The van der Waals surface area contributed by atoms with Gasteiger partial charge in [-0.15, -0.1) is 0 Å². The smallest absolute Gasteiger partial charge is 0.338 e. The summed E-state index contributed by atoms with van der Waals surface area (Å²) < 4.78 is 24.6. The average Bonchev–Trinajstić information content (AvgIpc) is 3.03. The molecule has 4 aromatic carbocycles. The third kappa shape index (κ3) is 6.98. The van der Waals surface area contributed by atoms with Crippen LogP contribution in [0.1, 0.15) is 21.5 Å². The molecule has 41 heavy (non-hydrogen) atoms. The molecule has 5 rings (SSSR count). The lowest BCUT2D eigenvalue weighted by atomic mass is 9.93. The van der Waals surface area contributed by atoms with Crippen LogP contribution < -0.4 is 0 Å². The van der Waals surface area contributed by atoms with Crippen molar-refractivity contribution >= 4 is 23.0 Å². The molecule has 208 valence electrons. The second-order valence-corrected chi connectivity index (χ2v) is 9.68. The fraction of sp³-hybridized carbons (Fsp3) is 0.250. The Balaban J connectivity index is 1.42. The maximum absolute atomic E-state index is 12.7. The van der Waals surface area contributed by atoms with Crippen molar-refractivity contribution in [2.75, 3.05) is 6.61 Å². The van der Waals surface area contributed by atoms with Gasteiger partial charge in [0.15, 0.2) is 0 Å². The first kappa shape index (κ1) is 28.0. The Labute approximate surface area is 237 Å². The van der Waals surface area contributed by atoms with Crippen LogP contribution in [0.2, 0.25) is 0 Å². The molecule has 1 aliphatic heterocycles. The molecule has 0 aliphatic carbocycles. The third-order valence-electron chi connectivity index (χ3n) is 6.97. The maximum Gasteiger partial charge on any atom is 0.338 e. The molecule has 4 aromatic rings. The molecule has 0 aromatic heterocycles. The number of hydrogen-bond donors (Lipinski definition) is 1. The molecule has 1 fully saturated rings. The van der Waals surface area contributed by atoms with E-state index >= 15 is 0 Å². The summed E-state index contributed by atoms with van der Waals surface area (Å²) in [5, 5.41) is 14.1. The highest BCUT2D eigenvalue weighted by molar-refractivity contribution is 5.89. The summed E-state index contributed by atoms with van der Waals surface area (Å²) in [5.41, 5.74) is 11.6. The predicted octanol–water partition coefficient (Wildman–Crippen LogP) is 6.26. The van der Waals surface area contributed by atoms with Gasteiger partial charge in [0.1, 0.15) is 24.9 Å². The zero-order valence-electron chi connectivity index (χ0n) is 22.3. The van der Waals surface area contributed by atoms with E-state index in [-0.39, 0.29) is 19.8 Å². The summed E-state index contributed by atoms with van der Waals surface area (Å²) in [6, 6.07) is 31.5. The van der Waals surface area contributed by atoms with Crippen molar-refractivity contribution in [2.45, 2.75) is 43.7 Å². The van der Waals surface area contributed by atoms with Crippen LogP contribution >= 0.6 is 0 Å². The van der Waals surface area contributed by atoms with Gasteiger partial charge in [0, 0.05) is 11.1 Å². The van der Waals surface area contributed by atoms with Crippen LogP contribution in [-0.4, -0.2) is 49.2 Å². The lowest BCUT2D eigenvalue weighted by molar-refractivity contribution is -0.210. The molecule has 0 radical (unpaired) electrons. The van der Waals surface area contributed by atoms with E-state index in [1.807, 2.05) is 72.8 Å². The second-order valence-electron chi connectivity index (χ2n) is 9.68. The van der Waals surface area contributed by atoms with Gasteiger partial charge in [-0.05, 0) is 45.6 Å². The van der Waals surface area contributed by atoms with Crippen molar-refractivity contribution in [3.05, 3.63) is 130 Å². The highest BCUT2D eigenvalue weighted by atomic mass is 16.6. The van der Waals surface area contributed by atoms with E-state index < -0.39 is 36.4 Å². The molecule has 0 amide bonds. The van der Waals surface area contributed by atoms with Crippen LogP contribution in [-0.2, 0) is 32.2 Å². The highest BCUT2D eigenvalue weighted by Gasteiger charge is 2.47. The number of nitrogens with one attached hydrogen (secondary N) is 1. The number of hydrogen-bond acceptors (Lipinski definition) is 7. The van der Waals surface area contributed by atoms with Crippen LogP contribution in [0.25, 0.3) is 21.2 Å². The van der Waals surface area contributed by atoms with E-state index in [9.17, 15) is 10.3 Å². The molecule has 1 aliphatic rings. The van der Waals surface area contributed by atoms with Gasteiger partial charge in [-0.25, -0.2) is 4.79 Å². The molecule has 1 heterocycles. The quantitative estimate of drug-likeness (QED) is 0.0775. The molecule has 9 heteroatoms. The van der Waals surface area contributed by atoms with Crippen LogP contribution in [0, 0.1) is 5.41 Å². The summed E-state index contributed by atoms with van der Waals surface area (Å²) in [6.07, 6.45) is -2.18. The second kappa shape index (κ2) is 13.7. The van der Waals surface area contributed by atoms with Crippen LogP contribution in [0.3, 0.4) is 0 Å². The van der Waals surface area contributed by atoms with E-state index in [1.165, 1.54) is 0 Å². The van der Waals surface area contributed by atoms with E-state index in [4.69, 9.17) is 24.4 Å². The molecule has 3 unspecified atom stereocenters. The molecular weight excluding hydrogens is 520 g/mol. The van der Waals surface area contributed by atoms with Crippen molar-refractivity contribution in [3.63, 3.8) is 0 Å². The SMILES string of the molecule is [N-]=[N+]=N[C@@H]1C(C=N)OC(COC(=O)c2ccccc2)C(OCc2ccc3ccccc3c2)[C@H]1OCc1ccccc1. The van der Waals surface area contributed by atoms with Crippen LogP contribution in [0.5, 0.6) is 0 Å². The lowest BCUT2D eigenvalue weighted by Gasteiger charge is -2.43. The number of nitrogens with zero attached hydrogens (tertiary/aromatic N) is 3. The Morgan fingerprint density at radius 3 is 2.24 bits per heavy atom. The fourth-order valence-corrected chi connectivity index (χ4v) is 4.91. The Kier molecular flexibility index (Phi) is 9.36. The summed E-state index contributed by atoms with van der Waals surface area (Å²) in [6.45, 7) is 0.292. The van der Waals surface area contributed by atoms with Gasteiger partial charge in [0.2, 0.25) is 0 Å².